The lowest BCUT2D eigenvalue weighted by molar-refractivity contribution is -0.142. The number of hydrogen-bond acceptors (Lipinski definition) is 4. The molecular formula is C15H19N3O4. The molecule has 3 amide bonds. The highest BCUT2D eigenvalue weighted by molar-refractivity contribution is 5.90. The Hall–Kier alpha value is -2.57. The van der Waals surface area contributed by atoms with Crippen LogP contribution < -0.4 is 5.32 Å². The highest BCUT2D eigenvalue weighted by atomic mass is 16.5. The van der Waals surface area contributed by atoms with Gasteiger partial charge in [0.25, 0.3) is 0 Å². The molecule has 1 aromatic carbocycles. The number of carbonyl (C=O) groups is 3. The largest absolute Gasteiger partial charge is 0.468 e. The first-order chi connectivity index (χ1) is 10.5. The number of amides is 3. The second-order valence-electron chi connectivity index (χ2n) is 5.14. The minimum atomic E-state index is -0.650. The number of hydrogen-bond donors (Lipinski definition) is 1. The molecule has 2 rings (SSSR count). The third-order valence-electron chi connectivity index (χ3n) is 3.47. The topological polar surface area (TPSA) is 79.0 Å². The Labute approximate surface area is 128 Å². The Morgan fingerprint density at radius 2 is 2.00 bits per heavy atom. The van der Waals surface area contributed by atoms with Crippen LogP contribution in [0.2, 0.25) is 0 Å². The molecule has 0 bridgehead atoms. The fourth-order valence-corrected chi connectivity index (χ4v) is 2.29. The van der Waals surface area contributed by atoms with E-state index < -0.39 is 18.0 Å². The first kappa shape index (κ1) is 15.8. The lowest BCUT2D eigenvalue weighted by Gasteiger charge is -2.22. The predicted molar refractivity (Wildman–Crippen MR) is 78.8 cm³/mol. The summed E-state index contributed by atoms with van der Waals surface area (Å²) in [5, 5.41) is 2.68. The summed E-state index contributed by atoms with van der Waals surface area (Å²) in [6.07, 6.45) is 0.405. The Balaban J connectivity index is 2.11. The van der Waals surface area contributed by atoms with Gasteiger partial charge in [-0.2, -0.15) is 0 Å². The molecule has 1 aliphatic heterocycles. The van der Waals surface area contributed by atoms with Crippen molar-refractivity contribution in [2.45, 2.75) is 12.5 Å². The maximum atomic E-state index is 12.4. The van der Waals surface area contributed by atoms with Gasteiger partial charge in [0.15, 0.2) is 0 Å². The van der Waals surface area contributed by atoms with E-state index in [1.165, 1.54) is 16.9 Å². The summed E-state index contributed by atoms with van der Waals surface area (Å²) in [6.45, 7) is -0.150. The van der Waals surface area contributed by atoms with Crippen LogP contribution >= 0.6 is 0 Å². The van der Waals surface area contributed by atoms with Gasteiger partial charge in [0.2, 0.25) is 5.91 Å². The van der Waals surface area contributed by atoms with Gasteiger partial charge in [-0.3, -0.25) is 14.5 Å². The van der Waals surface area contributed by atoms with Crippen molar-refractivity contribution < 1.29 is 19.1 Å². The molecule has 0 saturated carbocycles. The quantitative estimate of drug-likeness (QED) is 0.807. The SMILES string of the molecule is COC(=O)CN1CN(C)C(=O)[C@H](Cc2ccccc2)NC1=O. The van der Waals surface area contributed by atoms with E-state index in [-0.39, 0.29) is 19.1 Å². The number of methoxy groups -OCH3 is 1. The van der Waals surface area contributed by atoms with Gasteiger partial charge in [0.05, 0.1) is 13.8 Å². The van der Waals surface area contributed by atoms with E-state index in [1.54, 1.807) is 7.05 Å². The molecule has 0 unspecified atom stereocenters. The Kier molecular flexibility index (Phi) is 4.98. The molecule has 1 N–H and O–H groups in total. The Bertz CT molecular complexity index is 561. The Morgan fingerprint density at radius 3 is 2.64 bits per heavy atom. The van der Waals surface area contributed by atoms with Crippen LogP contribution in [0.15, 0.2) is 30.3 Å². The van der Waals surface area contributed by atoms with Crippen molar-refractivity contribution in [1.82, 2.24) is 15.1 Å². The minimum Gasteiger partial charge on any atom is -0.468 e. The van der Waals surface area contributed by atoms with Gasteiger partial charge in [-0.1, -0.05) is 30.3 Å². The van der Waals surface area contributed by atoms with E-state index in [4.69, 9.17) is 0 Å². The average Bonchev–Trinajstić information content (AvgIpc) is 2.61. The fourth-order valence-electron chi connectivity index (χ4n) is 2.29. The lowest BCUT2D eigenvalue weighted by atomic mass is 10.1. The maximum absolute atomic E-state index is 12.4. The van der Waals surface area contributed by atoms with Crippen molar-refractivity contribution in [3.8, 4) is 0 Å². The second-order valence-corrected chi connectivity index (χ2v) is 5.14. The molecule has 0 aliphatic carbocycles. The standard InChI is InChI=1S/C15H19N3O4/c1-17-10-18(9-13(19)22-2)15(21)16-12(14(17)20)8-11-6-4-3-5-7-11/h3-7,12H,8-10H2,1-2H3,(H,16,21)/t12-/m0/s1. The van der Waals surface area contributed by atoms with Gasteiger partial charge in [-0.05, 0) is 5.56 Å². The number of rotatable bonds is 4. The number of carbonyl (C=O) groups excluding carboxylic acids is 3. The van der Waals surface area contributed by atoms with Crippen molar-refractivity contribution >= 4 is 17.9 Å². The molecule has 22 heavy (non-hydrogen) atoms. The number of nitrogens with zero attached hydrogens (tertiary/aromatic N) is 2. The van der Waals surface area contributed by atoms with Crippen LogP contribution in [-0.2, 0) is 20.7 Å². The minimum absolute atomic E-state index is 0.0467. The molecule has 0 spiro atoms. The highest BCUT2D eigenvalue weighted by Crippen LogP contribution is 2.10. The van der Waals surface area contributed by atoms with Gasteiger partial charge in [0.1, 0.15) is 12.6 Å². The first-order valence-corrected chi connectivity index (χ1v) is 6.92. The van der Waals surface area contributed by atoms with E-state index in [0.29, 0.717) is 6.42 Å². The highest BCUT2D eigenvalue weighted by Gasteiger charge is 2.32. The summed E-state index contributed by atoms with van der Waals surface area (Å²) >= 11 is 0. The monoisotopic (exact) mass is 305 g/mol. The number of esters is 1. The van der Waals surface area contributed by atoms with Gasteiger partial charge in [0, 0.05) is 13.5 Å². The first-order valence-electron chi connectivity index (χ1n) is 6.92. The zero-order valence-corrected chi connectivity index (χ0v) is 12.6. The van der Waals surface area contributed by atoms with Crippen molar-refractivity contribution in [1.29, 1.82) is 0 Å². The fraction of sp³-hybridized carbons (Fsp3) is 0.400. The number of urea groups is 1. The molecule has 1 fully saturated rings. The van der Waals surface area contributed by atoms with Crippen molar-refractivity contribution in [2.75, 3.05) is 27.4 Å². The van der Waals surface area contributed by atoms with Crippen LogP contribution in [0.4, 0.5) is 4.79 Å². The van der Waals surface area contributed by atoms with Gasteiger partial charge < -0.3 is 15.0 Å². The Morgan fingerprint density at radius 1 is 1.32 bits per heavy atom. The molecular weight excluding hydrogens is 286 g/mol. The zero-order valence-electron chi connectivity index (χ0n) is 12.6. The summed E-state index contributed by atoms with van der Waals surface area (Å²) < 4.78 is 4.56. The predicted octanol–water partition coefficient (Wildman–Crippen LogP) is 0.212. The average molecular weight is 305 g/mol. The lowest BCUT2D eigenvalue weighted by Crippen LogP contribution is -2.46. The van der Waals surface area contributed by atoms with Crippen LogP contribution in [0, 0.1) is 0 Å². The van der Waals surface area contributed by atoms with Crippen LogP contribution in [0.5, 0.6) is 0 Å². The molecule has 1 heterocycles. The van der Waals surface area contributed by atoms with E-state index in [0.717, 1.165) is 5.56 Å². The van der Waals surface area contributed by atoms with Crippen LogP contribution in [0.1, 0.15) is 5.56 Å². The van der Waals surface area contributed by atoms with Crippen molar-refractivity contribution in [3.05, 3.63) is 35.9 Å². The molecule has 7 nitrogen and oxygen atoms in total. The molecule has 1 aromatic rings. The van der Waals surface area contributed by atoms with Gasteiger partial charge in [-0.15, -0.1) is 0 Å². The maximum Gasteiger partial charge on any atom is 0.325 e. The second kappa shape index (κ2) is 6.93. The van der Waals surface area contributed by atoms with Crippen LogP contribution in [0.25, 0.3) is 0 Å². The van der Waals surface area contributed by atoms with E-state index in [2.05, 4.69) is 10.1 Å². The molecule has 1 saturated heterocycles. The van der Waals surface area contributed by atoms with Crippen molar-refractivity contribution in [3.63, 3.8) is 0 Å². The van der Waals surface area contributed by atoms with E-state index >= 15 is 0 Å². The summed E-state index contributed by atoms with van der Waals surface area (Å²) in [5.74, 6) is -0.720. The normalized spacial score (nSPS) is 18.7. The molecule has 0 aromatic heterocycles. The van der Waals surface area contributed by atoms with Crippen molar-refractivity contribution in [2.24, 2.45) is 0 Å². The number of benzene rings is 1. The molecule has 0 radical (unpaired) electrons. The molecule has 118 valence electrons. The number of nitrogens with one attached hydrogen (secondary N) is 1. The zero-order chi connectivity index (χ0) is 16.1. The van der Waals surface area contributed by atoms with E-state index in [9.17, 15) is 14.4 Å². The summed E-state index contributed by atoms with van der Waals surface area (Å²) in [7, 11) is 2.86. The van der Waals surface area contributed by atoms with Gasteiger partial charge in [-0.25, -0.2) is 4.79 Å². The van der Waals surface area contributed by atoms with Gasteiger partial charge >= 0.3 is 12.0 Å². The molecule has 7 heteroatoms. The third-order valence-corrected chi connectivity index (χ3v) is 3.47. The smallest absolute Gasteiger partial charge is 0.325 e. The molecule has 1 aliphatic rings. The van der Waals surface area contributed by atoms with E-state index in [1.807, 2.05) is 30.3 Å². The summed E-state index contributed by atoms with van der Waals surface area (Å²) in [5.41, 5.74) is 0.955. The summed E-state index contributed by atoms with van der Waals surface area (Å²) in [4.78, 5) is 38.6. The number of ether oxygens (including phenoxy) is 1. The van der Waals surface area contributed by atoms with Crippen LogP contribution in [0.3, 0.4) is 0 Å². The number of likely N-dealkylation sites (N-methyl/N-ethyl adjacent to an activating group) is 1. The third kappa shape index (κ3) is 3.75. The summed E-state index contributed by atoms with van der Waals surface area (Å²) in [6, 6.07) is 8.34. The van der Waals surface area contributed by atoms with Crippen LogP contribution in [-0.4, -0.2) is 61.1 Å². The molecule has 1 atom stereocenters.